The van der Waals surface area contributed by atoms with Gasteiger partial charge in [0.15, 0.2) is 11.5 Å². The van der Waals surface area contributed by atoms with Crippen molar-refractivity contribution in [1.29, 1.82) is 0 Å². The molecule has 1 atom stereocenters. The molecule has 3 aromatic rings. The van der Waals surface area contributed by atoms with Crippen LogP contribution in [0.25, 0.3) is 0 Å². The second-order valence-electron chi connectivity index (χ2n) is 9.44. The highest BCUT2D eigenvalue weighted by Crippen LogP contribution is 2.40. The second kappa shape index (κ2) is 12.4. The van der Waals surface area contributed by atoms with Crippen molar-refractivity contribution in [3.8, 4) is 11.5 Å². The van der Waals surface area contributed by atoms with E-state index in [1.165, 1.54) is 5.56 Å². The number of anilines is 1. The monoisotopic (exact) mass is 536 g/mol. The summed E-state index contributed by atoms with van der Waals surface area (Å²) >= 11 is 1.59. The summed E-state index contributed by atoms with van der Waals surface area (Å²) in [6.07, 6.45) is 0.754. The summed E-state index contributed by atoms with van der Waals surface area (Å²) in [7, 11) is 0. The lowest BCUT2D eigenvalue weighted by molar-refractivity contribution is -0.143. The first-order valence-corrected chi connectivity index (χ1v) is 14.0. The van der Waals surface area contributed by atoms with E-state index in [0.29, 0.717) is 47.1 Å². The number of benzene rings is 2. The van der Waals surface area contributed by atoms with Crippen LogP contribution in [0, 0.1) is 6.92 Å². The molecule has 0 saturated heterocycles. The van der Waals surface area contributed by atoms with E-state index < -0.39 is 12.0 Å². The molecule has 2 heterocycles. The SMILES string of the molecule is CCCSc1nc2n(n1)C(c1ccc(OCc3ccc(C)cc3)c(OCC)c1)C(C(=O)OC(C)C)=C(C)N2. The number of aryl methyl sites for hydroxylation is 1. The molecule has 1 aliphatic heterocycles. The molecule has 38 heavy (non-hydrogen) atoms. The van der Waals surface area contributed by atoms with Crippen LogP contribution >= 0.6 is 11.8 Å². The Hall–Kier alpha value is -3.46. The first kappa shape index (κ1) is 27.6. The first-order chi connectivity index (χ1) is 18.3. The lowest BCUT2D eigenvalue weighted by atomic mass is 9.95. The zero-order chi connectivity index (χ0) is 27.2. The Balaban J connectivity index is 1.72. The maximum Gasteiger partial charge on any atom is 0.338 e. The smallest absolute Gasteiger partial charge is 0.338 e. The number of nitrogens with one attached hydrogen (secondary N) is 1. The maximum atomic E-state index is 13.3. The minimum Gasteiger partial charge on any atom is -0.490 e. The van der Waals surface area contributed by atoms with Crippen molar-refractivity contribution in [2.45, 2.75) is 71.9 Å². The number of aromatic nitrogens is 3. The number of carbonyl (C=O) groups excluding carboxylic acids is 1. The van der Waals surface area contributed by atoms with Gasteiger partial charge in [-0.05, 0) is 64.3 Å². The van der Waals surface area contributed by atoms with Gasteiger partial charge in [-0.2, -0.15) is 4.98 Å². The summed E-state index contributed by atoms with van der Waals surface area (Å²) in [5, 5.41) is 8.68. The predicted molar refractivity (Wildman–Crippen MR) is 150 cm³/mol. The molecule has 1 aromatic heterocycles. The highest BCUT2D eigenvalue weighted by molar-refractivity contribution is 7.99. The average molecular weight is 537 g/mol. The molecular formula is C29H36N4O4S. The zero-order valence-electron chi connectivity index (χ0n) is 22.9. The van der Waals surface area contributed by atoms with Gasteiger partial charge >= 0.3 is 5.97 Å². The number of fused-ring (bicyclic) bond motifs is 1. The normalized spacial score (nSPS) is 14.8. The van der Waals surface area contributed by atoms with Gasteiger partial charge in [-0.15, -0.1) is 5.10 Å². The van der Waals surface area contributed by atoms with Crippen LogP contribution in [-0.4, -0.2) is 39.2 Å². The van der Waals surface area contributed by atoms with Gasteiger partial charge in [0.2, 0.25) is 11.1 Å². The molecular weight excluding hydrogens is 500 g/mol. The van der Waals surface area contributed by atoms with Crippen molar-refractivity contribution in [2.75, 3.05) is 17.7 Å². The van der Waals surface area contributed by atoms with Gasteiger partial charge in [-0.25, -0.2) is 9.48 Å². The van der Waals surface area contributed by atoms with Crippen molar-refractivity contribution >= 4 is 23.7 Å². The maximum absolute atomic E-state index is 13.3. The third-order valence-electron chi connectivity index (χ3n) is 5.93. The van der Waals surface area contributed by atoms with Gasteiger partial charge in [0.1, 0.15) is 12.6 Å². The fraction of sp³-hybridized carbons (Fsp3) is 0.414. The quantitative estimate of drug-likeness (QED) is 0.225. The van der Waals surface area contributed by atoms with Crippen molar-refractivity contribution in [2.24, 2.45) is 0 Å². The molecule has 0 fully saturated rings. The number of rotatable bonds is 11. The summed E-state index contributed by atoms with van der Waals surface area (Å²) in [4.78, 5) is 18.0. The largest absolute Gasteiger partial charge is 0.490 e. The van der Waals surface area contributed by atoms with E-state index in [1.54, 1.807) is 16.4 Å². The molecule has 8 nitrogen and oxygen atoms in total. The van der Waals surface area contributed by atoms with Crippen molar-refractivity contribution in [3.05, 3.63) is 70.4 Å². The second-order valence-corrected chi connectivity index (χ2v) is 10.5. The Morgan fingerprint density at radius 2 is 1.84 bits per heavy atom. The van der Waals surface area contributed by atoms with Crippen LogP contribution in [-0.2, 0) is 16.1 Å². The highest BCUT2D eigenvalue weighted by Gasteiger charge is 2.36. The van der Waals surface area contributed by atoms with Crippen LogP contribution in [0.3, 0.4) is 0 Å². The summed E-state index contributed by atoms with van der Waals surface area (Å²) < 4.78 is 19.5. The summed E-state index contributed by atoms with van der Waals surface area (Å²) in [6, 6.07) is 13.5. The van der Waals surface area contributed by atoms with E-state index in [1.807, 2.05) is 45.9 Å². The molecule has 202 valence electrons. The van der Waals surface area contributed by atoms with E-state index in [2.05, 4.69) is 48.4 Å². The van der Waals surface area contributed by atoms with E-state index in [-0.39, 0.29) is 6.10 Å². The Morgan fingerprint density at radius 3 is 2.53 bits per heavy atom. The van der Waals surface area contributed by atoms with Gasteiger partial charge in [-0.3, -0.25) is 0 Å². The summed E-state index contributed by atoms with van der Waals surface area (Å²) in [5.74, 6) is 2.34. The van der Waals surface area contributed by atoms with Gasteiger partial charge in [0, 0.05) is 11.4 Å². The van der Waals surface area contributed by atoms with Crippen LogP contribution in [0.4, 0.5) is 5.95 Å². The number of hydrogen-bond donors (Lipinski definition) is 1. The fourth-order valence-corrected chi connectivity index (χ4v) is 4.85. The molecule has 0 saturated carbocycles. The molecule has 0 amide bonds. The minimum atomic E-state index is -0.536. The van der Waals surface area contributed by atoms with E-state index in [4.69, 9.17) is 19.3 Å². The average Bonchev–Trinajstić information content (AvgIpc) is 3.28. The standard InChI is InChI=1S/C29H36N4O4S/c1-7-15-38-29-31-28-30-20(6)25(27(34)37-18(3)4)26(33(28)32-29)22-13-14-23(24(16-22)35-8-2)36-17-21-11-9-19(5)10-12-21/h9-14,16,18,26H,7-8,15,17H2,1-6H3,(H,30,31,32). The molecule has 0 radical (unpaired) electrons. The van der Waals surface area contributed by atoms with E-state index >= 15 is 0 Å². The van der Waals surface area contributed by atoms with Gasteiger partial charge in [0.05, 0.1) is 18.3 Å². The van der Waals surface area contributed by atoms with Gasteiger partial charge < -0.3 is 19.5 Å². The molecule has 0 aliphatic carbocycles. The molecule has 0 bridgehead atoms. The molecule has 9 heteroatoms. The number of esters is 1. The fourth-order valence-electron chi connectivity index (χ4n) is 4.16. The zero-order valence-corrected chi connectivity index (χ0v) is 23.7. The summed E-state index contributed by atoms with van der Waals surface area (Å²) in [6.45, 7) is 12.5. The molecule has 1 aliphatic rings. The van der Waals surface area contributed by atoms with Gasteiger partial charge in [-0.1, -0.05) is 54.6 Å². The molecule has 4 rings (SSSR count). The Morgan fingerprint density at radius 1 is 1.08 bits per heavy atom. The van der Waals surface area contributed by atoms with Crippen LogP contribution in [0.1, 0.15) is 63.8 Å². The third-order valence-corrected chi connectivity index (χ3v) is 6.97. The number of carbonyl (C=O) groups is 1. The third kappa shape index (κ3) is 6.32. The Bertz CT molecular complexity index is 1300. The number of nitrogens with zero attached hydrogens (tertiary/aromatic N) is 3. The molecule has 0 spiro atoms. The van der Waals surface area contributed by atoms with Crippen molar-refractivity contribution < 1.29 is 19.0 Å². The van der Waals surface area contributed by atoms with Crippen molar-refractivity contribution in [3.63, 3.8) is 0 Å². The Labute approximate surface area is 228 Å². The lowest BCUT2D eigenvalue weighted by Crippen LogP contribution is -2.30. The lowest BCUT2D eigenvalue weighted by Gasteiger charge is -2.29. The van der Waals surface area contributed by atoms with Crippen LogP contribution in [0.2, 0.25) is 0 Å². The highest BCUT2D eigenvalue weighted by atomic mass is 32.2. The number of thioether (sulfide) groups is 1. The number of ether oxygens (including phenoxy) is 3. The van der Waals surface area contributed by atoms with Gasteiger partial charge in [0.25, 0.3) is 0 Å². The number of allylic oxidation sites excluding steroid dienone is 1. The van der Waals surface area contributed by atoms with Crippen molar-refractivity contribution in [1.82, 2.24) is 14.8 Å². The predicted octanol–water partition coefficient (Wildman–Crippen LogP) is 6.31. The topological polar surface area (TPSA) is 87.5 Å². The number of hydrogen-bond acceptors (Lipinski definition) is 8. The van der Waals surface area contributed by atoms with E-state index in [0.717, 1.165) is 23.3 Å². The van der Waals surface area contributed by atoms with E-state index in [9.17, 15) is 4.79 Å². The van der Waals surface area contributed by atoms with Crippen LogP contribution < -0.4 is 14.8 Å². The Kier molecular flexibility index (Phi) is 8.99. The minimum absolute atomic E-state index is 0.257. The molecule has 1 unspecified atom stereocenters. The molecule has 1 N–H and O–H groups in total. The molecule has 2 aromatic carbocycles. The first-order valence-electron chi connectivity index (χ1n) is 13.0. The van der Waals surface area contributed by atoms with Crippen LogP contribution in [0.5, 0.6) is 11.5 Å². The van der Waals surface area contributed by atoms with Crippen LogP contribution in [0.15, 0.2) is 58.9 Å². The summed E-state index contributed by atoms with van der Waals surface area (Å²) in [5.41, 5.74) is 4.27.